The Balaban J connectivity index is 2.08. The average Bonchev–Trinajstić information content (AvgIpc) is 2.64. The zero-order valence-electron chi connectivity index (χ0n) is 12.3. The lowest BCUT2D eigenvalue weighted by Crippen LogP contribution is -1.94. The van der Waals surface area contributed by atoms with Crippen LogP contribution < -0.4 is 0 Å². The van der Waals surface area contributed by atoms with Gasteiger partial charge in [-0.1, -0.05) is 24.3 Å². The van der Waals surface area contributed by atoms with Crippen LogP contribution in [0.2, 0.25) is 0 Å². The van der Waals surface area contributed by atoms with Crippen LogP contribution in [0.15, 0.2) is 48.5 Å². The van der Waals surface area contributed by atoms with Crippen molar-refractivity contribution in [1.29, 1.82) is 0 Å². The minimum Gasteiger partial charge on any atom is -0.503 e. The molecule has 0 saturated heterocycles. The summed E-state index contributed by atoms with van der Waals surface area (Å²) in [6.45, 7) is 0. The Morgan fingerprint density at radius 2 is 0.750 bits per heavy atom. The summed E-state index contributed by atoms with van der Waals surface area (Å²) in [4.78, 5) is 18.0. The number of phenols is 2. The average molecular weight is 314 g/mol. The Bertz CT molecular complexity index is 1180. The zero-order chi connectivity index (χ0) is 16.3. The summed E-state index contributed by atoms with van der Waals surface area (Å²) in [5.41, 5.74) is 3.89. The number of aromatic hydroxyl groups is 2. The number of nitrogens with zero attached hydrogens (tertiary/aromatic N) is 4. The van der Waals surface area contributed by atoms with Gasteiger partial charge in [-0.3, -0.25) is 0 Å². The third-order valence-corrected chi connectivity index (χ3v) is 4.04. The summed E-state index contributed by atoms with van der Waals surface area (Å²) in [7, 11) is 0. The highest BCUT2D eigenvalue weighted by atomic mass is 16.3. The van der Waals surface area contributed by atoms with E-state index >= 15 is 0 Å². The highest BCUT2D eigenvalue weighted by Gasteiger charge is 2.19. The molecule has 24 heavy (non-hydrogen) atoms. The van der Waals surface area contributed by atoms with Gasteiger partial charge in [-0.15, -0.1) is 0 Å². The molecule has 0 radical (unpaired) electrons. The molecule has 0 aliphatic heterocycles. The molecule has 3 aromatic carbocycles. The molecular formula is C18H10N4O2. The van der Waals surface area contributed by atoms with Gasteiger partial charge < -0.3 is 10.2 Å². The van der Waals surface area contributed by atoms with Crippen LogP contribution in [-0.2, 0) is 0 Å². The smallest absolute Gasteiger partial charge is 0.188 e. The van der Waals surface area contributed by atoms with Crippen LogP contribution in [0.3, 0.4) is 0 Å². The van der Waals surface area contributed by atoms with Crippen molar-refractivity contribution in [2.24, 2.45) is 0 Å². The highest BCUT2D eigenvalue weighted by molar-refractivity contribution is 6.10. The first-order valence-corrected chi connectivity index (χ1v) is 7.39. The molecule has 6 nitrogen and oxygen atoms in total. The van der Waals surface area contributed by atoms with E-state index in [1.807, 2.05) is 36.4 Å². The van der Waals surface area contributed by atoms with Crippen LogP contribution in [0.25, 0.3) is 44.1 Å². The van der Waals surface area contributed by atoms with Gasteiger partial charge >= 0.3 is 0 Å². The fourth-order valence-electron chi connectivity index (χ4n) is 2.88. The van der Waals surface area contributed by atoms with Crippen molar-refractivity contribution >= 4 is 44.1 Å². The van der Waals surface area contributed by atoms with E-state index in [1.54, 1.807) is 12.1 Å². The third kappa shape index (κ3) is 1.65. The molecule has 6 heteroatoms. The molecule has 0 bridgehead atoms. The SMILES string of the molecule is Oc1c(O)c2nc3ccccc3nc2c2nc3ccccc3nc12. The van der Waals surface area contributed by atoms with E-state index < -0.39 is 0 Å². The van der Waals surface area contributed by atoms with Crippen molar-refractivity contribution in [3.05, 3.63) is 48.5 Å². The van der Waals surface area contributed by atoms with Gasteiger partial charge in [0.1, 0.15) is 22.1 Å². The number of rotatable bonds is 0. The van der Waals surface area contributed by atoms with Gasteiger partial charge in [0.2, 0.25) is 0 Å². The minimum absolute atomic E-state index is 0.211. The summed E-state index contributed by atoms with van der Waals surface area (Å²) in [6.07, 6.45) is 0. The number of hydrogen-bond acceptors (Lipinski definition) is 6. The van der Waals surface area contributed by atoms with Crippen LogP contribution in [0.4, 0.5) is 0 Å². The van der Waals surface area contributed by atoms with E-state index in [-0.39, 0.29) is 22.5 Å². The summed E-state index contributed by atoms with van der Waals surface area (Å²) >= 11 is 0. The Hall–Kier alpha value is -3.54. The molecule has 2 heterocycles. The van der Waals surface area contributed by atoms with Gasteiger partial charge in [0.05, 0.1) is 22.1 Å². The summed E-state index contributed by atoms with van der Waals surface area (Å²) in [6, 6.07) is 14.7. The van der Waals surface area contributed by atoms with Crippen molar-refractivity contribution in [1.82, 2.24) is 19.9 Å². The normalized spacial score (nSPS) is 11.7. The predicted molar refractivity (Wildman–Crippen MR) is 91.0 cm³/mol. The monoisotopic (exact) mass is 314 g/mol. The number of benzene rings is 3. The third-order valence-electron chi connectivity index (χ3n) is 4.04. The first-order chi connectivity index (χ1) is 11.7. The van der Waals surface area contributed by atoms with Gasteiger partial charge in [0.25, 0.3) is 0 Å². The second-order valence-corrected chi connectivity index (χ2v) is 5.52. The molecule has 0 aliphatic rings. The quantitative estimate of drug-likeness (QED) is 0.259. The van der Waals surface area contributed by atoms with Crippen molar-refractivity contribution < 1.29 is 10.2 Å². The maximum Gasteiger partial charge on any atom is 0.188 e. The van der Waals surface area contributed by atoms with E-state index in [0.29, 0.717) is 33.1 Å². The molecule has 0 saturated carbocycles. The molecule has 0 spiro atoms. The molecular weight excluding hydrogens is 304 g/mol. The maximum atomic E-state index is 10.4. The summed E-state index contributed by atoms with van der Waals surface area (Å²) in [5, 5.41) is 20.7. The molecule has 0 atom stereocenters. The Labute approximate surface area is 135 Å². The second kappa shape index (κ2) is 4.48. The first-order valence-electron chi connectivity index (χ1n) is 7.39. The van der Waals surface area contributed by atoms with E-state index in [9.17, 15) is 10.2 Å². The minimum atomic E-state index is -0.333. The Morgan fingerprint density at radius 3 is 1.08 bits per heavy atom. The standard InChI is InChI=1S/C18H10N4O2/c23-17-15-13(19-9-5-1-3-7-11(9)21-15)14-16(18(17)24)22-12-8-4-2-6-10(12)20-14/h1-8,23-24H. The molecule has 0 amide bonds. The van der Waals surface area contributed by atoms with Gasteiger partial charge in [0.15, 0.2) is 11.5 Å². The van der Waals surface area contributed by atoms with Crippen molar-refractivity contribution in [3.63, 3.8) is 0 Å². The fourth-order valence-corrected chi connectivity index (χ4v) is 2.88. The first kappa shape index (κ1) is 13.0. The predicted octanol–water partition coefficient (Wildman–Crippen LogP) is 3.29. The molecule has 0 aliphatic carbocycles. The van der Waals surface area contributed by atoms with E-state index in [2.05, 4.69) is 19.9 Å². The molecule has 114 valence electrons. The maximum absolute atomic E-state index is 10.4. The van der Waals surface area contributed by atoms with Crippen LogP contribution >= 0.6 is 0 Å². The second-order valence-electron chi connectivity index (χ2n) is 5.52. The Kier molecular flexibility index (Phi) is 2.42. The van der Waals surface area contributed by atoms with Crippen LogP contribution in [0, 0.1) is 0 Å². The number of para-hydroxylation sites is 4. The molecule has 5 aromatic rings. The summed E-state index contributed by atoms with van der Waals surface area (Å²) in [5.74, 6) is -0.666. The largest absolute Gasteiger partial charge is 0.503 e. The van der Waals surface area contributed by atoms with Crippen molar-refractivity contribution in [2.75, 3.05) is 0 Å². The summed E-state index contributed by atoms with van der Waals surface area (Å²) < 4.78 is 0. The molecule has 2 aromatic heterocycles. The molecule has 5 rings (SSSR count). The van der Waals surface area contributed by atoms with Crippen molar-refractivity contribution in [3.8, 4) is 11.5 Å². The molecule has 2 N–H and O–H groups in total. The number of phenolic OH excluding ortho intramolecular Hbond substituents is 2. The molecule has 0 unspecified atom stereocenters. The number of fused-ring (bicyclic) bond motifs is 5. The zero-order valence-corrected chi connectivity index (χ0v) is 12.3. The van der Waals surface area contributed by atoms with E-state index in [4.69, 9.17) is 0 Å². The van der Waals surface area contributed by atoms with E-state index in [1.165, 1.54) is 0 Å². The van der Waals surface area contributed by atoms with Crippen LogP contribution in [0.5, 0.6) is 11.5 Å². The fraction of sp³-hybridized carbons (Fsp3) is 0. The molecule has 0 fully saturated rings. The Morgan fingerprint density at radius 1 is 0.458 bits per heavy atom. The van der Waals surface area contributed by atoms with Gasteiger partial charge in [0, 0.05) is 0 Å². The lowest BCUT2D eigenvalue weighted by molar-refractivity contribution is 0.411. The van der Waals surface area contributed by atoms with Gasteiger partial charge in [-0.25, -0.2) is 19.9 Å². The van der Waals surface area contributed by atoms with Gasteiger partial charge in [-0.2, -0.15) is 0 Å². The van der Waals surface area contributed by atoms with Crippen LogP contribution in [0.1, 0.15) is 0 Å². The lowest BCUT2D eigenvalue weighted by atomic mass is 10.1. The number of hydrogen-bond donors (Lipinski definition) is 2. The lowest BCUT2D eigenvalue weighted by Gasteiger charge is -2.09. The van der Waals surface area contributed by atoms with Crippen molar-refractivity contribution in [2.45, 2.75) is 0 Å². The van der Waals surface area contributed by atoms with E-state index in [0.717, 1.165) is 0 Å². The van der Waals surface area contributed by atoms with Gasteiger partial charge in [-0.05, 0) is 24.3 Å². The van der Waals surface area contributed by atoms with Crippen LogP contribution in [-0.4, -0.2) is 30.1 Å². The topological polar surface area (TPSA) is 92.0 Å². The number of aromatic nitrogens is 4. The highest BCUT2D eigenvalue weighted by Crippen LogP contribution is 2.39.